The van der Waals surface area contributed by atoms with Crippen LogP contribution in [0.1, 0.15) is 5.56 Å². The van der Waals surface area contributed by atoms with Gasteiger partial charge in [-0.05, 0) is 17.7 Å². The fraction of sp³-hybridized carbons (Fsp3) is 0.0909. The number of aliphatic carboxylic acids is 1. The molecular formula is C11H8NO3-. The highest BCUT2D eigenvalue weighted by molar-refractivity contribution is 5.89. The Morgan fingerprint density at radius 1 is 1.40 bits per heavy atom. The van der Waals surface area contributed by atoms with Gasteiger partial charge < -0.3 is 15.0 Å². The van der Waals surface area contributed by atoms with Gasteiger partial charge in [0.2, 0.25) is 0 Å². The molecule has 0 amide bonds. The molecular weight excluding hydrogens is 194 g/mol. The monoisotopic (exact) mass is 202 g/mol. The fourth-order valence-electron chi connectivity index (χ4n) is 1.53. The first-order valence-corrected chi connectivity index (χ1v) is 4.44. The molecule has 0 atom stereocenters. The molecule has 4 heteroatoms. The normalized spacial score (nSPS) is 10.4. The van der Waals surface area contributed by atoms with Crippen LogP contribution in [-0.2, 0) is 11.2 Å². The van der Waals surface area contributed by atoms with Crippen molar-refractivity contribution >= 4 is 16.9 Å². The van der Waals surface area contributed by atoms with E-state index in [4.69, 9.17) is 0 Å². The molecule has 0 fully saturated rings. The molecule has 1 heterocycles. The van der Waals surface area contributed by atoms with Crippen molar-refractivity contribution in [1.82, 2.24) is 4.98 Å². The van der Waals surface area contributed by atoms with Crippen molar-refractivity contribution in [2.45, 2.75) is 6.42 Å². The molecule has 2 rings (SSSR count). The number of carboxylic acid groups (broad SMARTS) is 1. The summed E-state index contributed by atoms with van der Waals surface area (Å²) < 4.78 is 0. The van der Waals surface area contributed by atoms with Crippen molar-refractivity contribution in [2.75, 3.05) is 0 Å². The van der Waals surface area contributed by atoms with Gasteiger partial charge in [0.25, 0.3) is 0 Å². The van der Waals surface area contributed by atoms with E-state index in [0.29, 0.717) is 16.5 Å². The van der Waals surface area contributed by atoms with Crippen molar-refractivity contribution in [3.05, 3.63) is 36.0 Å². The number of rotatable bonds is 2. The van der Waals surface area contributed by atoms with Crippen molar-refractivity contribution in [2.24, 2.45) is 0 Å². The van der Waals surface area contributed by atoms with E-state index in [9.17, 15) is 15.0 Å². The third-order valence-corrected chi connectivity index (χ3v) is 2.17. The van der Waals surface area contributed by atoms with E-state index in [-0.39, 0.29) is 12.2 Å². The van der Waals surface area contributed by atoms with Crippen LogP contribution in [0.3, 0.4) is 0 Å². The molecule has 0 spiro atoms. The molecule has 0 saturated carbocycles. The lowest BCUT2D eigenvalue weighted by molar-refractivity contribution is -0.304. The minimum Gasteiger partial charge on any atom is -0.550 e. The summed E-state index contributed by atoms with van der Waals surface area (Å²) in [5.74, 6) is -1.10. The summed E-state index contributed by atoms with van der Waals surface area (Å²) in [5, 5.41) is 20.6. The van der Waals surface area contributed by atoms with E-state index in [0.717, 1.165) is 0 Å². The second-order valence-electron chi connectivity index (χ2n) is 3.19. The van der Waals surface area contributed by atoms with Crippen LogP contribution in [0.4, 0.5) is 0 Å². The fourth-order valence-corrected chi connectivity index (χ4v) is 1.53. The molecule has 76 valence electrons. The van der Waals surface area contributed by atoms with E-state index in [1.54, 1.807) is 24.4 Å². The lowest BCUT2D eigenvalue weighted by Gasteiger charge is -2.07. The Bertz CT molecular complexity index is 522. The lowest BCUT2D eigenvalue weighted by Crippen LogP contribution is -2.24. The van der Waals surface area contributed by atoms with Gasteiger partial charge in [-0.15, -0.1) is 0 Å². The summed E-state index contributed by atoms with van der Waals surface area (Å²) in [6.07, 6.45) is 1.37. The Kier molecular flexibility index (Phi) is 2.25. The van der Waals surface area contributed by atoms with E-state index < -0.39 is 5.97 Å². The Labute approximate surface area is 85.8 Å². The summed E-state index contributed by atoms with van der Waals surface area (Å²) >= 11 is 0. The largest absolute Gasteiger partial charge is 0.550 e. The van der Waals surface area contributed by atoms with Gasteiger partial charge in [-0.25, -0.2) is 0 Å². The SMILES string of the molecule is O=C([O-])Cc1ccc(O)c2ncccc12. The maximum absolute atomic E-state index is 10.5. The Morgan fingerprint density at radius 2 is 2.20 bits per heavy atom. The predicted octanol–water partition coefficient (Wildman–Crippen LogP) is 0.233. The van der Waals surface area contributed by atoms with Gasteiger partial charge in [0.05, 0.1) is 0 Å². The molecule has 0 saturated heterocycles. The van der Waals surface area contributed by atoms with Crippen LogP contribution in [0.5, 0.6) is 5.75 Å². The number of phenols is 1. The van der Waals surface area contributed by atoms with Gasteiger partial charge >= 0.3 is 0 Å². The number of benzene rings is 1. The van der Waals surface area contributed by atoms with Crippen molar-refractivity contribution in [3.8, 4) is 5.75 Å². The average Bonchev–Trinajstić information content (AvgIpc) is 2.22. The predicted molar refractivity (Wildman–Crippen MR) is 52.1 cm³/mol. The molecule has 0 radical (unpaired) electrons. The number of carbonyl (C=O) groups is 1. The van der Waals surface area contributed by atoms with Gasteiger partial charge in [0.15, 0.2) is 0 Å². The molecule has 1 aromatic heterocycles. The first-order valence-electron chi connectivity index (χ1n) is 4.44. The number of fused-ring (bicyclic) bond motifs is 1. The smallest absolute Gasteiger partial charge is 0.141 e. The summed E-state index contributed by atoms with van der Waals surface area (Å²) in [4.78, 5) is 14.5. The Hall–Kier alpha value is -2.10. The summed E-state index contributed by atoms with van der Waals surface area (Å²) in [7, 11) is 0. The molecule has 1 aromatic carbocycles. The molecule has 0 bridgehead atoms. The number of hydrogen-bond acceptors (Lipinski definition) is 4. The minimum absolute atomic E-state index is 0.0488. The van der Waals surface area contributed by atoms with Crippen LogP contribution in [-0.4, -0.2) is 16.1 Å². The zero-order valence-corrected chi connectivity index (χ0v) is 7.80. The number of nitrogens with zero attached hydrogens (tertiary/aromatic N) is 1. The number of phenolic OH excluding ortho intramolecular Hbond substituents is 1. The molecule has 0 aliphatic rings. The molecule has 0 unspecified atom stereocenters. The van der Waals surface area contributed by atoms with Gasteiger partial charge in [0.1, 0.15) is 11.3 Å². The number of carboxylic acids is 1. The second kappa shape index (κ2) is 3.57. The number of pyridine rings is 1. The van der Waals surface area contributed by atoms with Crippen LogP contribution in [0.25, 0.3) is 10.9 Å². The second-order valence-corrected chi connectivity index (χ2v) is 3.19. The van der Waals surface area contributed by atoms with E-state index in [2.05, 4.69) is 4.98 Å². The standard InChI is InChI=1S/C11H9NO3/c13-9-4-3-7(6-10(14)15)8-2-1-5-12-11(8)9/h1-5,13H,6H2,(H,14,15)/p-1. The van der Waals surface area contributed by atoms with Crippen LogP contribution >= 0.6 is 0 Å². The van der Waals surface area contributed by atoms with Gasteiger partial charge in [-0.3, -0.25) is 4.98 Å². The highest BCUT2D eigenvalue weighted by atomic mass is 16.4. The molecule has 0 aliphatic heterocycles. The van der Waals surface area contributed by atoms with Crippen molar-refractivity contribution in [1.29, 1.82) is 0 Å². The van der Waals surface area contributed by atoms with Gasteiger partial charge in [-0.2, -0.15) is 0 Å². The first kappa shape index (κ1) is 9.45. The minimum atomic E-state index is -1.15. The van der Waals surface area contributed by atoms with E-state index >= 15 is 0 Å². The Morgan fingerprint density at radius 3 is 2.93 bits per heavy atom. The quantitative estimate of drug-likeness (QED) is 0.756. The number of hydrogen-bond donors (Lipinski definition) is 1. The molecule has 0 aliphatic carbocycles. The third-order valence-electron chi connectivity index (χ3n) is 2.17. The van der Waals surface area contributed by atoms with E-state index in [1.807, 2.05) is 0 Å². The topological polar surface area (TPSA) is 73.2 Å². The third kappa shape index (κ3) is 1.74. The van der Waals surface area contributed by atoms with Crippen LogP contribution in [0, 0.1) is 0 Å². The highest BCUT2D eigenvalue weighted by Crippen LogP contribution is 2.25. The number of carbonyl (C=O) groups excluding carboxylic acids is 1. The molecule has 15 heavy (non-hydrogen) atoms. The molecule has 4 nitrogen and oxygen atoms in total. The molecule has 1 N–H and O–H groups in total. The van der Waals surface area contributed by atoms with Crippen LogP contribution in [0.15, 0.2) is 30.5 Å². The maximum Gasteiger partial charge on any atom is 0.141 e. The van der Waals surface area contributed by atoms with Gasteiger partial charge in [0, 0.05) is 24.0 Å². The Balaban J connectivity index is 2.66. The number of aromatic hydroxyl groups is 1. The van der Waals surface area contributed by atoms with Crippen LogP contribution in [0.2, 0.25) is 0 Å². The molecule has 2 aromatic rings. The van der Waals surface area contributed by atoms with Gasteiger partial charge in [-0.1, -0.05) is 12.1 Å². The number of aromatic nitrogens is 1. The summed E-state index contributed by atoms with van der Waals surface area (Å²) in [5.41, 5.74) is 1.01. The van der Waals surface area contributed by atoms with Crippen LogP contribution < -0.4 is 5.11 Å². The highest BCUT2D eigenvalue weighted by Gasteiger charge is 2.05. The average molecular weight is 202 g/mol. The van der Waals surface area contributed by atoms with E-state index in [1.165, 1.54) is 6.07 Å². The van der Waals surface area contributed by atoms with Crippen molar-refractivity contribution in [3.63, 3.8) is 0 Å². The summed E-state index contributed by atoms with van der Waals surface area (Å²) in [6, 6.07) is 6.42. The lowest BCUT2D eigenvalue weighted by atomic mass is 10.1. The van der Waals surface area contributed by atoms with Crippen molar-refractivity contribution < 1.29 is 15.0 Å². The summed E-state index contributed by atoms with van der Waals surface area (Å²) in [6.45, 7) is 0. The zero-order chi connectivity index (χ0) is 10.8. The first-order chi connectivity index (χ1) is 7.18. The zero-order valence-electron chi connectivity index (χ0n) is 7.80. The maximum atomic E-state index is 10.5.